The molecular weight excluding hydrogens is 252 g/mol. The molecule has 1 heterocycles. The van der Waals surface area contributed by atoms with Crippen LogP contribution < -0.4 is 9.64 Å². The number of aromatic nitrogens is 1. The quantitative estimate of drug-likeness (QED) is 0.877. The van der Waals surface area contributed by atoms with E-state index in [1.807, 2.05) is 42.5 Å². The van der Waals surface area contributed by atoms with Crippen molar-refractivity contribution in [1.82, 2.24) is 4.98 Å². The summed E-state index contributed by atoms with van der Waals surface area (Å²) in [5.74, 6) is 0.607. The maximum atomic E-state index is 9.67. The lowest BCUT2D eigenvalue weighted by Crippen LogP contribution is -2.30. The fourth-order valence-electron chi connectivity index (χ4n) is 2.06. The molecule has 0 radical (unpaired) electrons. The summed E-state index contributed by atoms with van der Waals surface area (Å²) >= 11 is 0. The second-order valence-corrected chi connectivity index (χ2v) is 4.77. The monoisotopic (exact) mass is 272 g/mol. The number of benzene rings is 1. The van der Waals surface area contributed by atoms with Crippen molar-refractivity contribution in [3.8, 4) is 5.88 Å². The first-order valence-electron chi connectivity index (χ1n) is 6.66. The van der Waals surface area contributed by atoms with Gasteiger partial charge in [0.05, 0.1) is 13.2 Å². The molecule has 1 aromatic carbocycles. The van der Waals surface area contributed by atoms with E-state index in [0.29, 0.717) is 19.0 Å². The number of aliphatic hydroxyl groups excluding tert-OH is 1. The highest BCUT2D eigenvalue weighted by Gasteiger charge is 2.10. The first kappa shape index (κ1) is 14.3. The molecule has 0 saturated heterocycles. The molecule has 1 atom stereocenters. The van der Waals surface area contributed by atoms with Gasteiger partial charge in [-0.1, -0.05) is 24.3 Å². The molecule has 0 unspecified atom stereocenters. The van der Waals surface area contributed by atoms with Crippen LogP contribution in [0.3, 0.4) is 0 Å². The second kappa shape index (κ2) is 6.91. The normalized spacial score (nSPS) is 11.9. The van der Waals surface area contributed by atoms with Crippen LogP contribution in [-0.4, -0.2) is 29.8 Å². The Kier molecular flexibility index (Phi) is 4.96. The number of anilines is 1. The van der Waals surface area contributed by atoms with Crippen LogP contribution in [0.2, 0.25) is 0 Å². The van der Waals surface area contributed by atoms with Gasteiger partial charge in [-0.25, -0.2) is 4.98 Å². The van der Waals surface area contributed by atoms with Gasteiger partial charge in [0.2, 0.25) is 5.88 Å². The Labute approximate surface area is 119 Å². The summed E-state index contributed by atoms with van der Waals surface area (Å²) in [6, 6.07) is 13.9. The maximum Gasteiger partial charge on any atom is 0.212 e. The summed E-state index contributed by atoms with van der Waals surface area (Å²) in [4.78, 5) is 6.34. The van der Waals surface area contributed by atoms with E-state index >= 15 is 0 Å². The largest absolute Gasteiger partial charge is 0.481 e. The van der Waals surface area contributed by atoms with Crippen LogP contribution in [0, 0.1) is 0 Å². The van der Waals surface area contributed by atoms with Crippen LogP contribution in [0.1, 0.15) is 12.5 Å². The molecule has 0 saturated carbocycles. The van der Waals surface area contributed by atoms with E-state index in [1.165, 1.54) is 0 Å². The number of rotatable bonds is 6. The number of nitrogens with zero attached hydrogens (tertiary/aromatic N) is 2. The predicted octanol–water partition coefficient (Wildman–Crippen LogP) is 2.48. The van der Waals surface area contributed by atoms with Crippen molar-refractivity contribution in [2.45, 2.75) is 19.6 Å². The molecule has 0 aliphatic carbocycles. The van der Waals surface area contributed by atoms with E-state index in [-0.39, 0.29) is 6.10 Å². The number of aliphatic hydroxyl groups is 1. The Morgan fingerprint density at radius 1 is 1.20 bits per heavy atom. The molecule has 0 amide bonds. The number of hydrogen-bond acceptors (Lipinski definition) is 4. The Balaban J connectivity index is 2.14. The SMILES string of the molecule is COc1ccc(CN(C[C@H](C)O)c2ccccc2)cn1. The van der Waals surface area contributed by atoms with Crippen LogP contribution in [-0.2, 0) is 6.54 Å². The first-order chi connectivity index (χ1) is 9.69. The summed E-state index contributed by atoms with van der Waals surface area (Å²) in [7, 11) is 1.60. The molecule has 4 heteroatoms. The average molecular weight is 272 g/mol. The molecule has 20 heavy (non-hydrogen) atoms. The third-order valence-electron chi connectivity index (χ3n) is 2.99. The summed E-state index contributed by atoms with van der Waals surface area (Å²) in [5, 5.41) is 9.67. The van der Waals surface area contributed by atoms with Gasteiger partial charge in [-0.05, 0) is 24.6 Å². The number of ether oxygens (including phenoxy) is 1. The number of methoxy groups -OCH3 is 1. The summed E-state index contributed by atoms with van der Waals surface area (Å²) in [5.41, 5.74) is 2.17. The lowest BCUT2D eigenvalue weighted by Gasteiger charge is -2.26. The molecule has 0 fully saturated rings. The highest BCUT2D eigenvalue weighted by Crippen LogP contribution is 2.17. The van der Waals surface area contributed by atoms with Gasteiger partial charge in [-0.15, -0.1) is 0 Å². The Bertz CT molecular complexity index is 512. The lowest BCUT2D eigenvalue weighted by molar-refractivity contribution is 0.199. The van der Waals surface area contributed by atoms with Gasteiger partial charge in [-0.3, -0.25) is 0 Å². The molecule has 0 aliphatic heterocycles. The van der Waals surface area contributed by atoms with E-state index in [4.69, 9.17) is 4.74 Å². The van der Waals surface area contributed by atoms with Crippen LogP contribution in [0.25, 0.3) is 0 Å². The zero-order chi connectivity index (χ0) is 14.4. The van der Waals surface area contributed by atoms with E-state index < -0.39 is 0 Å². The van der Waals surface area contributed by atoms with Crippen molar-refractivity contribution in [2.75, 3.05) is 18.6 Å². The van der Waals surface area contributed by atoms with Crippen molar-refractivity contribution >= 4 is 5.69 Å². The van der Waals surface area contributed by atoms with E-state index in [0.717, 1.165) is 11.3 Å². The molecule has 0 bridgehead atoms. The Hall–Kier alpha value is -2.07. The van der Waals surface area contributed by atoms with Gasteiger partial charge >= 0.3 is 0 Å². The second-order valence-electron chi connectivity index (χ2n) is 4.77. The molecule has 106 valence electrons. The number of pyridine rings is 1. The fraction of sp³-hybridized carbons (Fsp3) is 0.312. The van der Waals surface area contributed by atoms with Crippen LogP contribution in [0.4, 0.5) is 5.69 Å². The van der Waals surface area contributed by atoms with Crippen LogP contribution in [0.15, 0.2) is 48.7 Å². The smallest absolute Gasteiger partial charge is 0.212 e. The molecule has 2 rings (SSSR count). The van der Waals surface area contributed by atoms with Crippen molar-refractivity contribution in [1.29, 1.82) is 0 Å². The minimum absolute atomic E-state index is 0.388. The van der Waals surface area contributed by atoms with Gasteiger partial charge in [-0.2, -0.15) is 0 Å². The number of hydrogen-bond donors (Lipinski definition) is 1. The maximum absolute atomic E-state index is 9.67. The predicted molar refractivity (Wildman–Crippen MR) is 80.0 cm³/mol. The van der Waals surface area contributed by atoms with Crippen LogP contribution >= 0.6 is 0 Å². The molecular formula is C16H20N2O2. The zero-order valence-corrected chi connectivity index (χ0v) is 11.9. The van der Waals surface area contributed by atoms with Gasteiger partial charge in [0.15, 0.2) is 0 Å². The van der Waals surface area contributed by atoms with Gasteiger partial charge < -0.3 is 14.7 Å². The Morgan fingerprint density at radius 2 is 1.95 bits per heavy atom. The fourth-order valence-corrected chi connectivity index (χ4v) is 2.06. The van der Waals surface area contributed by atoms with E-state index in [1.54, 1.807) is 20.2 Å². The summed E-state index contributed by atoms with van der Waals surface area (Å²) in [6.07, 6.45) is 1.41. The third-order valence-corrected chi connectivity index (χ3v) is 2.99. The van der Waals surface area contributed by atoms with Crippen molar-refractivity contribution < 1.29 is 9.84 Å². The summed E-state index contributed by atoms with van der Waals surface area (Å²) in [6.45, 7) is 3.07. The van der Waals surface area contributed by atoms with Crippen molar-refractivity contribution in [3.05, 3.63) is 54.2 Å². The highest BCUT2D eigenvalue weighted by molar-refractivity contribution is 5.46. The van der Waals surface area contributed by atoms with Crippen LogP contribution in [0.5, 0.6) is 5.88 Å². The van der Waals surface area contributed by atoms with E-state index in [2.05, 4.69) is 9.88 Å². The van der Waals surface area contributed by atoms with Gasteiger partial charge in [0, 0.05) is 31.0 Å². The molecule has 4 nitrogen and oxygen atoms in total. The lowest BCUT2D eigenvalue weighted by atomic mass is 10.2. The molecule has 0 aliphatic rings. The third kappa shape index (κ3) is 3.96. The minimum Gasteiger partial charge on any atom is -0.481 e. The molecule has 2 aromatic rings. The first-order valence-corrected chi connectivity index (χ1v) is 6.66. The van der Waals surface area contributed by atoms with Crippen molar-refractivity contribution in [2.24, 2.45) is 0 Å². The number of para-hydroxylation sites is 1. The molecule has 1 N–H and O–H groups in total. The van der Waals surface area contributed by atoms with Gasteiger partial charge in [0.1, 0.15) is 0 Å². The topological polar surface area (TPSA) is 45.6 Å². The van der Waals surface area contributed by atoms with Gasteiger partial charge in [0.25, 0.3) is 0 Å². The average Bonchev–Trinajstić information content (AvgIpc) is 2.48. The van der Waals surface area contributed by atoms with E-state index in [9.17, 15) is 5.11 Å². The minimum atomic E-state index is -0.388. The molecule has 1 aromatic heterocycles. The van der Waals surface area contributed by atoms with Crippen molar-refractivity contribution in [3.63, 3.8) is 0 Å². The highest BCUT2D eigenvalue weighted by atomic mass is 16.5. The molecule has 0 spiro atoms. The Morgan fingerprint density at radius 3 is 2.50 bits per heavy atom. The standard InChI is InChI=1S/C16H20N2O2/c1-13(19)11-18(15-6-4-3-5-7-15)12-14-8-9-16(20-2)17-10-14/h3-10,13,19H,11-12H2,1-2H3/t13-/m0/s1. The summed E-state index contributed by atoms with van der Waals surface area (Å²) < 4.78 is 5.06. The zero-order valence-electron chi connectivity index (χ0n) is 11.9.